The molecule has 0 unspecified atom stereocenters. The number of fused-ring (bicyclic) bond motifs is 1. The van der Waals surface area contributed by atoms with Crippen LogP contribution in [0.15, 0.2) is 65.8 Å². The highest BCUT2D eigenvalue weighted by atomic mass is 127. The van der Waals surface area contributed by atoms with Crippen LogP contribution in [0.25, 0.3) is 10.9 Å². The highest BCUT2D eigenvalue weighted by molar-refractivity contribution is 14.1. The Morgan fingerprint density at radius 3 is 2.56 bits per heavy atom. The lowest BCUT2D eigenvalue weighted by atomic mass is 10.2. The summed E-state index contributed by atoms with van der Waals surface area (Å²) in [6, 6.07) is 13.0. The van der Waals surface area contributed by atoms with Crippen molar-refractivity contribution in [1.82, 2.24) is 9.55 Å². The minimum atomic E-state index is -3.33. The summed E-state index contributed by atoms with van der Waals surface area (Å²) in [6.45, 7) is 2.14. The summed E-state index contributed by atoms with van der Waals surface area (Å²) in [4.78, 5) is 17.5. The Bertz CT molecular complexity index is 1480. The van der Waals surface area contributed by atoms with Gasteiger partial charge in [-0.3, -0.25) is 4.98 Å². The van der Waals surface area contributed by atoms with Crippen LogP contribution in [0.3, 0.4) is 0 Å². The summed E-state index contributed by atoms with van der Waals surface area (Å²) in [6.07, 6.45) is 4.36. The second-order valence-electron chi connectivity index (χ2n) is 7.59. The minimum Gasteiger partial charge on any atom is -0.461 e. The van der Waals surface area contributed by atoms with Crippen LogP contribution < -0.4 is 5.32 Å². The second-order valence-corrected chi connectivity index (χ2v) is 10.8. The van der Waals surface area contributed by atoms with Crippen molar-refractivity contribution in [3.63, 3.8) is 0 Å². The van der Waals surface area contributed by atoms with Gasteiger partial charge in [0.1, 0.15) is 5.82 Å². The molecule has 0 aliphatic carbocycles. The van der Waals surface area contributed by atoms with Gasteiger partial charge in [-0.2, -0.15) is 0 Å². The smallest absolute Gasteiger partial charge is 0.357 e. The van der Waals surface area contributed by atoms with Gasteiger partial charge in [-0.1, -0.05) is 12.1 Å². The fourth-order valence-electron chi connectivity index (χ4n) is 3.65. The molecule has 2 aromatic carbocycles. The summed E-state index contributed by atoms with van der Waals surface area (Å²) in [5.74, 6) is -1.03. The maximum Gasteiger partial charge on any atom is 0.357 e. The monoisotopic (exact) mass is 593 g/mol. The first-order valence-electron chi connectivity index (χ1n) is 10.3. The lowest BCUT2D eigenvalue weighted by Gasteiger charge is -2.13. The SMILES string of the molecule is CCOC(=O)c1c(Nc2ccc(I)cc2F)c2cnccc2n1Cc1ccc(S(C)(=O)=O)cc1. The second kappa shape index (κ2) is 9.71. The lowest BCUT2D eigenvalue weighted by Crippen LogP contribution is -2.15. The first-order chi connectivity index (χ1) is 16.2. The standard InChI is InChI=1S/C24H21FIN3O4S/c1-3-33-24(30)23-22(28-20-9-6-16(26)12-19(20)25)18-13-27-11-10-21(18)29(23)14-15-4-7-17(8-5-15)34(2,31)32/h4-13,28H,3,14H2,1-2H3. The summed E-state index contributed by atoms with van der Waals surface area (Å²) >= 11 is 2.03. The van der Waals surface area contributed by atoms with Crippen LogP contribution in [0.1, 0.15) is 23.0 Å². The van der Waals surface area contributed by atoms with E-state index in [-0.39, 0.29) is 29.4 Å². The summed E-state index contributed by atoms with van der Waals surface area (Å²) in [5.41, 5.74) is 2.29. The number of ether oxygens (including phenoxy) is 1. The number of pyridine rings is 1. The third-order valence-electron chi connectivity index (χ3n) is 5.22. The zero-order chi connectivity index (χ0) is 24.5. The molecular weight excluding hydrogens is 572 g/mol. The van der Waals surface area contributed by atoms with Gasteiger partial charge < -0.3 is 14.6 Å². The van der Waals surface area contributed by atoms with E-state index in [9.17, 15) is 17.6 Å². The molecule has 0 aliphatic heterocycles. The molecule has 0 atom stereocenters. The molecule has 7 nitrogen and oxygen atoms in total. The maximum absolute atomic E-state index is 14.6. The molecule has 0 saturated carbocycles. The predicted molar refractivity (Wildman–Crippen MR) is 137 cm³/mol. The van der Waals surface area contributed by atoms with Crippen LogP contribution in [-0.4, -0.2) is 36.8 Å². The van der Waals surface area contributed by atoms with E-state index in [0.717, 1.165) is 15.4 Å². The molecule has 176 valence electrons. The Hall–Kier alpha value is -2.99. The Balaban J connectivity index is 1.87. The number of halogens is 2. The topological polar surface area (TPSA) is 90.3 Å². The van der Waals surface area contributed by atoms with Gasteiger partial charge in [0, 0.05) is 34.2 Å². The van der Waals surface area contributed by atoms with Gasteiger partial charge in [0.2, 0.25) is 0 Å². The van der Waals surface area contributed by atoms with Gasteiger partial charge in [-0.15, -0.1) is 0 Å². The Morgan fingerprint density at radius 2 is 1.91 bits per heavy atom. The number of nitrogens with one attached hydrogen (secondary N) is 1. The number of aromatic nitrogens is 2. The van der Waals surface area contributed by atoms with E-state index < -0.39 is 21.6 Å². The third kappa shape index (κ3) is 4.92. The van der Waals surface area contributed by atoms with Crippen molar-refractivity contribution in [2.45, 2.75) is 18.4 Å². The average Bonchev–Trinajstić information content (AvgIpc) is 3.09. The van der Waals surface area contributed by atoms with Crippen LogP contribution in [0.4, 0.5) is 15.8 Å². The Labute approximate surface area is 210 Å². The minimum absolute atomic E-state index is 0.166. The van der Waals surface area contributed by atoms with Gasteiger partial charge in [0.15, 0.2) is 15.5 Å². The highest BCUT2D eigenvalue weighted by Gasteiger charge is 2.25. The largest absolute Gasteiger partial charge is 0.461 e. The molecule has 34 heavy (non-hydrogen) atoms. The number of rotatable bonds is 7. The predicted octanol–water partition coefficient (Wildman–Crippen LogP) is 5.15. The van der Waals surface area contributed by atoms with E-state index in [1.54, 1.807) is 54.2 Å². The van der Waals surface area contributed by atoms with Crippen molar-refractivity contribution < 1.29 is 22.3 Å². The van der Waals surface area contributed by atoms with Crippen LogP contribution in [0, 0.1) is 9.39 Å². The fraction of sp³-hybridized carbons (Fsp3) is 0.167. The molecule has 2 heterocycles. The number of benzene rings is 2. The number of hydrogen-bond donors (Lipinski definition) is 1. The summed E-state index contributed by atoms with van der Waals surface area (Å²) < 4.78 is 46.1. The van der Waals surface area contributed by atoms with E-state index >= 15 is 0 Å². The molecule has 0 saturated heterocycles. The average molecular weight is 593 g/mol. The molecule has 0 fully saturated rings. The zero-order valence-electron chi connectivity index (χ0n) is 18.4. The van der Waals surface area contributed by atoms with Crippen molar-refractivity contribution in [3.05, 3.63) is 81.6 Å². The number of esters is 1. The van der Waals surface area contributed by atoms with E-state index in [0.29, 0.717) is 16.6 Å². The number of carbonyl (C=O) groups is 1. The van der Waals surface area contributed by atoms with E-state index in [1.807, 2.05) is 22.6 Å². The first kappa shape index (κ1) is 24.1. The van der Waals surface area contributed by atoms with Crippen molar-refractivity contribution in [2.24, 2.45) is 0 Å². The maximum atomic E-state index is 14.6. The Morgan fingerprint density at radius 1 is 1.18 bits per heavy atom. The van der Waals surface area contributed by atoms with Gasteiger partial charge in [-0.25, -0.2) is 17.6 Å². The lowest BCUT2D eigenvalue weighted by molar-refractivity contribution is 0.0516. The van der Waals surface area contributed by atoms with Crippen LogP contribution in [0.5, 0.6) is 0 Å². The normalized spacial score (nSPS) is 11.5. The van der Waals surface area contributed by atoms with E-state index in [1.165, 1.54) is 18.2 Å². The van der Waals surface area contributed by atoms with Gasteiger partial charge in [-0.05, 0) is 71.5 Å². The molecule has 4 rings (SSSR count). The fourth-order valence-corrected chi connectivity index (χ4v) is 4.73. The molecule has 10 heteroatoms. The number of anilines is 2. The van der Waals surface area contributed by atoms with Crippen LogP contribution in [-0.2, 0) is 21.1 Å². The van der Waals surface area contributed by atoms with Crippen molar-refractivity contribution >= 4 is 60.7 Å². The first-order valence-corrected chi connectivity index (χ1v) is 13.3. The van der Waals surface area contributed by atoms with Gasteiger partial charge in [0.05, 0.1) is 28.4 Å². The van der Waals surface area contributed by atoms with E-state index in [2.05, 4.69) is 10.3 Å². The van der Waals surface area contributed by atoms with Crippen molar-refractivity contribution in [2.75, 3.05) is 18.2 Å². The number of hydrogen-bond acceptors (Lipinski definition) is 6. The number of carbonyl (C=O) groups excluding carboxylic acids is 1. The molecule has 0 amide bonds. The molecule has 0 spiro atoms. The van der Waals surface area contributed by atoms with Crippen LogP contribution >= 0.6 is 22.6 Å². The molecule has 2 aromatic heterocycles. The quantitative estimate of drug-likeness (QED) is 0.236. The number of sulfone groups is 1. The molecule has 0 aliphatic rings. The summed E-state index contributed by atoms with van der Waals surface area (Å²) in [7, 11) is -3.33. The van der Waals surface area contributed by atoms with E-state index in [4.69, 9.17) is 4.74 Å². The third-order valence-corrected chi connectivity index (χ3v) is 7.02. The van der Waals surface area contributed by atoms with Gasteiger partial charge >= 0.3 is 5.97 Å². The highest BCUT2D eigenvalue weighted by Crippen LogP contribution is 2.35. The molecular formula is C24H21FIN3O4S. The zero-order valence-corrected chi connectivity index (χ0v) is 21.4. The van der Waals surface area contributed by atoms with Crippen molar-refractivity contribution in [1.29, 1.82) is 0 Å². The Kier molecular flexibility index (Phi) is 6.89. The molecule has 0 radical (unpaired) electrons. The molecule has 1 N–H and O–H groups in total. The molecule has 0 bridgehead atoms. The van der Waals surface area contributed by atoms with Crippen molar-refractivity contribution in [3.8, 4) is 0 Å². The molecule has 4 aromatic rings. The number of nitrogens with zero attached hydrogens (tertiary/aromatic N) is 2. The summed E-state index contributed by atoms with van der Waals surface area (Å²) in [5, 5.41) is 3.69. The van der Waals surface area contributed by atoms with Crippen LogP contribution in [0.2, 0.25) is 0 Å². The van der Waals surface area contributed by atoms with Gasteiger partial charge in [0.25, 0.3) is 0 Å².